The second-order valence-electron chi connectivity index (χ2n) is 7.06. The third-order valence-corrected chi connectivity index (χ3v) is 5.26. The van der Waals surface area contributed by atoms with E-state index in [1.165, 1.54) is 4.57 Å². The molecule has 3 rings (SSSR count). The van der Waals surface area contributed by atoms with Gasteiger partial charge in [-0.2, -0.15) is 0 Å². The summed E-state index contributed by atoms with van der Waals surface area (Å²) in [6, 6.07) is 13.0. The molecule has 2 aromatic carbocycles. The molecule has 0 fully saturated rings. The third kappa shape index (κ3) is 4.40. The van der Waals surface area contributed by atoms with Gasteiger partial charge in [0.15, 0.2) is 0 Å². The van der Waals surface area contributed by atoms with Gasteiger partial charge in [0.1, 0.15) is 12.4 Å². The van der Waals surface area contributed by atoms with Gasteiger partial charge in [-0.25, -0.2) is 4.98 Å². The van der Waals surface area contributed by atoms with Crippen molar-refractivity contribution in [2.75, 3.05) is 5.32 Å². The highest BCUT2D eigenvalue weighted by molar-refractivity contribution is 6.30. The molecular formula is C23H24ClN3O2. The van der Waals surface area contributed by atoms with Gasteiger partial charge in [0, 0.05) is 27.5 Å². The van der Waals surface area contributed by atoms with E-state index < -0.39 is 0 Å². The number of benzene rings is 2. The minimum Gasteiger partial charge on any atom is -0.324 e. The molecule has 1 heterocycles. The fraction of sp³-hybridized carbons (Fsp3) is 0.261. The van der Waals surface area contributed by atoms with Crippen molar-refractivity contribution in [3.05, 3.63) is 80.2 Å². The van der Waals surface area contributed by atoms with Crippen LogP contribution in [0.2, 0.25) is 5.02 Å². The van der Waals surface area contributed by atoms with E-state index in [9.17, 15) is 9.59 Å². The molecule has 29 heavy (non-hydrogen) atoms. The molecule has 1 N–H and O–H groups in total. The van der Waals surface area contributed by atoms with Crippen molar-refractivity contribution in [2.24, 2.45) is 0 Å². The van der Waals surface area contributed by atoms with Gasteiger partial charge in [-0.15, -0.1) is 0 Å². The average Bonchev–Trinajstić information content (AvgIpc) is 2.69. The highest BCUT2D eigenvalue weighted by atomic mass is 35.5. The Balaban J connectivity index is 2.02. The van der Waals surface area contributed by atoms with Crippen LogP contribution < -0.4 is 10.9 Å². The zero-order valence-electron chi connectivity index (χ0n) is 17.0. The second kappa shape index (κ2) is 8.62. The minimum atomic E-state index is -0.274. The van der Waals surface area contributed by atoms with Crippen LogP contribution in [0.1, 0.15) is 29.3 Å². The molecule has 5 nitrogen and oxygen atoms in total. The Kier molecular flexibility index (Phi) is 6.18. The number of aromatic nitrogens is 2. The fourth-order valence-corrected chi connectivity index (χ4v) is 3.47. The number of nitrogens with zero attached hydrogens (tertiary/aromatic N) is 2. The van der Waals surface area contributed by atoms with E-state index in [-0.39, 0.29) is 18.0 Å². The molecule has 0 saturated carbocycles. The number of halogens is 1. The number of anilines is 1. The highest BCUT2D eigenvalue weighted by Gasteiger charge is 2.17. The van der Waals surface area contributed by atoms with Crippen molar-refractivity contribution in [1.29, 1.82) is 0 Å². The highest BCUT2D eigenvalue weighted by Crippen LogP contribution is 2.23. The van der Waals surface area contributed by atoms with Crippen LogP contribution in [-0.4, -0.2) is 15.5 Å². The van der Waals surface area contributed by atoms with Crippen molar-refractivity contribution in [1.82, 2.24) is 9.55 Å². The largest absolute Gasteiger partial charge is 0.324 e. The smallest absolute Gasteiger partial charge is 0.257 e. The first-order chi connectivity index (χ1) is 13.8. The maximum absolute atomic E-state index is 13.0. The lowest BCUT2D eigenvalue weighted by atomic mass is 10.1. The summed E-state index contributed by atoms with van der Waals surface area (Å²) >= 11 is 6.13. The van der Waals surface area contributed by atoms with Crippen LogP contribution in [0.15, 0.2) is 47.3 Å². The summed E-state index contributed by atoms with van der Waals surface area (Å²) in [7, 11) is 0. The topological polar surface area (TPSA) is 64.0 Å². The Hall–Kier alpha value is -2.92. The zero-order chi connectivity index (χ0) is 21.1. The fourth-order valence-electron chi connectivity index (χ4n) is 3.28. The van der Waals surface area contributed by atoms with Gasteiger partial charge in [-0.3, -0.25) is 14.2 Å². The first-order valence-electron chi connectivity index (χ1n) is 9.54. The molecule has 6 heteroatoms. The molecule has 0 saturated heterocycles. The summed E-state index contributed by atoms with van der Waals surface area (Å²) in [4.78, 5) is 30.4. The van der Waals surface area contributed by atoms with Gasteiger partial charge in [0.05, 0.1) is 0 Å². The predicted octanol–water partition coefficient (Wildman–Crippen LogP) is 4.69. The second-order valence-corrected chi connectivity index (χ2v) is 7.49. The zero-order valence-corrected chi connectivity index (χ0v) is 17.8. The average molecular weight is 410 g/mol. The molecule has 1 amide bonds. The molecule has 0 aliphatic heterocycles. The molecule has 0 aliphatic carbocycles. The summed E-state index contributed by atoms with van der Waals surface area (Å²) < 4.78 is 1.41. The van der Waals surface area contributed by atoms with E-state index in [2.05, 4.69) is 10.3 Å². The van der Waals surface area contributed by atoms with Gasteiger partial charge >= 0.3 is 0 Å². The Bertz CT molecular complexity index is 1140. The molecule has 0 aliphatic rings. The van der Waals surface area contributed by atoms with E-state index in [0.717, 1.165) is 23.2 Å². The van der Waals surface area contributed by atoms with Crippen molar-refractivity contribution < 1.29 is 4.79 Å². The van der Waals surface area contributed by atoms with E-state index in [1.54, 1.807) is 32.0 Å². The quantitative estimate of drug-likeness (QED) is 0.664. The molecule has 0 atom stereocenters. The van der Waals surface area contributed by atoms with E-state index in [4.69, 9.17) is 11.6 Å². The molecule has 3 aromatic rings. The van der Waals surface area contributed by atoms with Gasteiger partial charge in [0.2, 0.25) is 5.91 Å². The summed E-state index contributed by atoms with van der Waals surface area (Å²) in [6.45, 7) is 7.37. The minimum absolute atomic E-state index is 0.133. The van der Waals surface area contributed by atoms with Crippen molar-refractivity contribution in [3.63, 3.8) is 0 Å². The van der Waals surface area contributed by atoms with Crippen LogP contribution >= 0.6 is 11.6 Å². The third-order valence-electron chi connectivity index (χ3n) is 5.03. The first kappa shape index (κ1) is 20.8. The van der Waals surface area contributed by atoms with Crippen molar-refractivity contribution in [3.8, 4) is 11.4 Å². The number of carbonyl (C=O) groups excluding carboxylic acids is 1. The van der Waals surface area contributed by atoms with Gasteiger partial charge in [-0.05, 0) is 50.5 Å². The summed E-state index contributed by atoms with van der Waals surface area (Å²) in [5, 5.41) is 3.52. The number of hydrogen-bond acceptors (Lipinski definition) is 3. The molecule has 1 aromatic heterocycles. The molecular weight excluding hydrogens is 386 g/mol. The van der Waals surface area contributed by atoms with E-state index in [1.807, 2.05) is 38.1 Å². The van der Waals surface area contributed by atoms with Gasteiger partial charge < -0.3 is 5.32 Å². The van der Waals surface area contributed by atoms with Crippen LogP contribution in [0, 0.1) is 20.8 Å². The standard InChI is InChI=1S/C23H24ClN3O2/c1-5-17-9-6-8-14(2)21(17)26-20(28)13-27-22(18-10-7-11-19(24)12-18)25-16(4)15(3)23(27)29/h6-12H,5,13H2,1-4H3,(H,26,28). The van der Waals surface area contributed by atoms with Crippen LogP contribution in [0.25, 0.3) is 11.4 Å². The van der Waals surface area contributed by atoms with E-state index >= 15 is 0 Å². The SMILES string of the molecule is CCc1cccc(C)c1NC(=O)Cn1c(-c2cccc(Cl)c2)nc(C)c(C)c1=O. The number of rotatable bonds is 5. The summed E-state index contributed by atoms with van der Waals surface area (Å²) in [5.41, 5.74) is 4.45. The lowest BCUT2D eigenvalue weighted by molar-refractivity contribution is -0.116. The number of aryl methyl sites for hydroxylation is 3. The number of amides is 1. The maximum atomic E-state index is 13.0. The summed E-state index contributed by atoms with van der Waals surface area (Å²) in [5.74, 6) is 0.153. The van der Waals surface area contributed by atoms with Crippen LogP contribution in [0.5, 0.6) is 0 Å². The lowest BCUT2D eigenvalue weighted by Crippen LogP contribution is -2.32. The van der Waals surface area contributed by atoms with Crippen LogP contribution in [0.3, 0.4) is 0 Å². The maximum Gasteiger partial charge on any atom is 0.257 e. The Morgan fingerprint density at radius 1 is 1.14 bits per heavy atom. The monoisotopic (exact) mass is 409 g/mol. The Labute approximate surface area is 175 Å². The Morgan fingerprint density at radius 3 is 2.55 bits per heavy atom. The van der Waals surface area contributed by atoms with Crippen LogP contribution in [0.4, 0.5) is 5.69 Å². The Morgan fingerprint density at radius 2 is 1.86 bits per heavy atom. The van der Waals surface area contributed by atoms with Gasteiger partial charge in [0.25, 0.3) is 5.56 Å². The van der Waals surface area contributed by atoms with Crippen molar-refractivity contribution in [2.45, 2.75) is 40.7 Å². The number of hydrogen-bond donors (Lipinski definition) is 1. The molecule has 0 radical (unpaired) electrons. The van der Waals surface area contributed by atoms with Gasteiger partial charge in [-0.1, -0.05) is 48.9 Å². The number of nitrogens with one attached hydrogen (secondary N) is 1. The predicted molar refractivity (Wildman–Crippen MR) is 118 cm³/mol. The number of para-hydroxylation sites is 1. The number of carbonyl (C=O) groups is 1. The lowest BCUT2D eigenvalue weighted by Gasteiger charge is -2.17. The normalized spacial score (nSPS) is 10.8. The molecule has 150 valence electrons. The molecule has 0 bridgehead atoms. The van der Waals surface area contributed by atoms with Crippen molar-refractivity contribution >= 4 is 23.2 Å². The van der Waals surface area contributed by atoms with Crippen LogP contribution in [-0.2, 0) is 17.8 Å². The molecule has 0 spiro atoms. The first-order valence-corrected chi connectivity index (χ1v) is 9.92. The van der Waals surface area contributed by atoms with E-state index in [0.29, 0.717) is 27.7 Å². The summed E-state index contributed by atoms with van der Waals surface area (Å²) in [6.07, 6.45) is 0.802. The molecule has 0 unspecified atom stereocenters.